The van der Waals surface area contributed by atoms with Gasteiger partial charge in [-0.1, -0.05) is 19.1 Å². The van der Waals surface area contributed by atoms with Gasteiger partial charge in [0.15, 0.2) is 0 Å². The van der Waals surface area contributed by atoms with Gasteiger partial charge < -0.3 is 9.47 Å². The summed E-state index contributed by atoms with van der Waals surface area (Å²) in [6, 6.07) is 6.82. The number of esters is 1. The van der Waals surface area contributed by atoms with E-state index in [0.29, 0.717) is 12.2 Å². The lowest BCUT2D eigenvalue weighted by Gasteiger charge is -2.30. The number of rotatable bonds is 4. The molecule has 2 amide bonds. The first kappa shape index (κ1) is 17.4. The lowest BCUT2D eigenvalue weighted by molar-refractivity contribution is -0.154. The molecule has 7 heteroatoms. The van der Waals surface area contributed by atoms with Gasteiger partial charge in [-0.2, -0.15) is 0 Å². The summed E-state index contributed by atoms with van der Waals surface area (Å²) in [5, 5.41) is 3.26. The highest BCUT2D eigenvalue weighted by Crippen LogP contribution is 2.50. The second-order valence-corrected chi connectivity index (χ2v) is 6.45. The predicted molar refractivity (Wildman–Crippen MR) is 88.7 cm³/mol. The molecular weight excluding hydrogens is 324 g/mol. The van der Waals surface area contributed by atoms with Crippen LogP contribution in [0.25, 0.3) is 0 Å². The Morgan fingerprint density at radius 3 is 2.36 bits per heavy atom. The standard InChI is InChI=1S/C18H22N2O5/c1-5-18(17(23)25-4)13-12(15(21)20(2)16(13)22)14(19-18)10-6-8-11(24-3)9-7-10/h6-9,12-14,19H,5H2,1-4H3/t12-,13+,14+,18-/m0/s1. The Hall–Kier alpha value is -2.41. The number of benzene rings is 1. The molecule has 2 heterocycles. The number of imide groups is 1. The quantitative estimate of drug-likeness (QED) is 0.644. The summed E-state index contributed by atoms with van der Waals surface area (Å²) < 4.78 is 10.1. The van der Waals surface area contributed by atoms with E-state index in [-0.39, 0.29) is 11.8 Å². The minimum absolute atomic E-state index is 0.275. The van der Waals surface area contributed by atoms with Crippen molar-refractivity contribution in [1.82, 2.24) is 10.2 Å². The van der Waals surface area contributed by atoms with Crippen LogP contribution in [0.4, 0.5) is 0 Å². The van der Waals surface area contributed by atoms with E-state index in [1.165, 1.54) is 14.2 Å². The number of carbonyl (C=O) groups excluding carboxylic acids is 3. The highest BCUT2D eigenvalue weighted by atomic mass is 16.5. The lowest BCUT2D eigenvalue weighted by atomic mass is 9.78. The van der Waals surface area contributed by atoms with Gasteiger partial charge in [0.1, 0.15) is 11.3 Å². The van der Waals surface area contributed by atoms with E-state index in [9.17, 15) is 14.4 Å². The lowest BCUT2D eigenvalue weighted by Crippen LogP contribution is -2.55. The summed E-state index contributed by atoms with van der Waals surface area (Å²) in [5.74, 6) is -1.84. The van der Waals surface area contributed by atoms with E-state index >= 15 is 0 Å². The minimum atomic E-state index is -1.21. The molecule has 0 aromatic heterocycles. The van der Waals surface area contributed by atoms with Crippen molar-refractivity contribution in [1.29, 1.82) is 0 Å². The topological polar surface area (TPSA) is 84.9 Å². The monoisotopic (exact) mass is 346 g/mol. The molecule has 0 bridgehead atoms. The largest absolute Gasteiger partial charge is 0.497 e. The Balaban J connectivity index is 2.09. The molecule has 1 aromatic carbocycles. The molecular formula is C18H22N2O5. The Bertz CT molecular complexity index is 717. The summed E-state index contributed by atoms with van der Waals surface area (Å²) >= 11 is 0. The summed E-state index contributed by atoms with van der Waals surface area (Å²) in [7, 11) is 4.33. The van der Waals surface area contributed by atoms with E-state index in [1.54, 1.807) is 19.2 Å². The number of fused-ring (bicyclic) bond motifs is 1. The van der Waals surface area contributed by atoms with Crippen LogP contribution < -0.4 is 10.1 Å². The molecule has 134 valence electrons. The van der Waals surface area contributed by atoms with Crippen LogP contribution in [0, 0.1) is 11.8 Å². The van der Waals surface area contributed by atoms with Crippen LogP contribution in [0.2, 0.25) is 0 Å². The molecule has 3 rings (SSSR count). The van der Waals surface area contributed by atoms with Gasteiger partial charge in [0.05, 0.1) is 26.1 Å². The van der Waals surface area contributed by atoms with Crippen molar-refractivity contribution < 1.29 is 23.9 Å². The SMILES string of the molecule is CC[C@]1(C(=O)OC)N[C@H](c2ccc(OC)cc2)[C@H]2C(=O)N(C)C(=O)[C@@H]21. The van der Waals surface area contributed by atoms with Crippen LogP contribution in [-0.2, 0) is 19.1 Å². The summed E-state index contributed by atoms with van der Waals surface area (Å²) in [4.78, 5) is 39.1. The fourth-order valence-electron chi connectivity index (χ4n) is 4.08. The molecule has 1 N–H and O–H groups in total. The van der Waals surface area contributed by atoms with E-state index in [2.05, 4.69) is 5.32 Å². The fourth-order valence-corrected chi connectivity index (χ4v) is 4.08. The average molecular weight is 346 g/mol. The maximum Gasteiger partial charge on any atom is 0.326 e. The first-order valence-corrected chi connectivity index (χ1v) is 8.22. The Labute approximate surface area is 146 Å². The number of likely N-dealkylation sites (tertiary alicyclic amines) is 1. The zero-order chi connectivity index (χ0) is 18.4. The summed E-state index contributed by atoms with van der Waals surface area (Å²) in [6.45, 7) is 1.81. The van der Waals surface area contributed by atoms with Crippen LogP contribution in [0.3, 0.4) is 0 Å². The van der Waals surface area contributed by atoms with E-state index in [0.717, 1.165) is 10.5 Å². The molecule has 1 aromatic rings. The van der Waals surface area contributed by atoms with Crippen LogP contribution in [0.15, 0.2) is 24.3 Å². The van der Waals surface area contributed by atoms with Gasteiger partial charge in [0.25, 0.3) is 0 Å². The van der Waals surface area contributed by atoms with Crippen LogP contribution in [0.1, 0.15) is 24.9 Å². The van der Waals surface area contributed by atoms with Crippen molar-refractivity contribution in [2.45, 2.75) is 24.9 Å². The van der Waals surface area contributed by atoms with Crippen molar-refractivity contribution in [3.8, 4) is 5.75 Å². The number of amides is 2. The number of hydrogen-bond donors (Lipinski definition) is 1. The van der Waals surface area contributed by atoms with Gasteiger partial charge in [0, 0.05) is 13.1 Å². The van der Waals surface area contributed by atoms with Crippen molar-refractivity contribution in [2.75, 3.05) is 21.3 Å². The minimum Gasteiger partial charge on any atom is -0.497 e. The van der Waals surface area contributed by atoms with Crippen LogP contribution >= 0.6 is 0 Å². The van der Waals surface area contributed by atoms with Crippen LogP contribution in [0.5, 0.6) is 5.75 Å². The maximum absolute atomic E-state index is 12.7. The zero-order valence-corrected chi connectivity index (χ0v) is 14.7. The number of nitrogens with one attached hydrogen (secondary N) is 1. The Morgan fingerprint density at radius 1 is 1.20 bits per heavy atom. The molecule has 2 aliphatic rings. The van der Waals surface area contributed by atoms with Crippen LogP contribution in [-0.4, -0.2) is 49.5 Å². The van der Waals surface area contributed by atoms with E-state index in [4.69, 9.17) is 9.47 Å². The van der Waals surface area contributed by atoms with Crippen molar-refractivity contribution in [3.63, 3.8) is 0 Å². The molecule has 0 aliphatic carbocycles. The fraction of sp³-hybridized carbons (Fsp3) is 0.500. The number of ether oxygens (including phenoxy) is 2. The maximum atomic E-state index is 12.7. The van der Waals surface area contributed by atoms with Gasteiger partial charge in [-0.15, -0.1) is 0 Å². The third kappa shape index (κ3) is 2.33. The molecule has 0 radical (unpaired) electrons. The molecule has 4 atom stereocenters. The highest BCUT2D eigenvalue weighted by Gasteiger charge is 2.67. The highest BCUT2D eigenvalue weighted by molar-refractivity contribution is 6.09. The molecule has 7 nitrogen and oxygen atoms in total. The van der Waals surface area contributed by atoms with E-state index in [1.807, 2.05) is 19.1 Å². The summed E-state index contributed by atoms with van der Waals surface area (Å²) in [6.07, 6.45) is 0.348. The number of carbonyl (C=O) groups is 3. The molecule has 2 fully saturated rings. The zero-order valence-electron chi connectivity index (χ0n) is 14.7. The molecule has 0 spiro atoms. The Morgan fingerprint density at radius 2 is 1.84 bits per heavy atom. The van der Waals surface area contributed by atoms with Crippen molar-refractivity contribution in [3.05, 3.63) is 29.8 Å². The van der Waals surface area contributed by atoms with Crippen molar-refractivity contribution in [2.24, 2.45) is 11.8 Å². The number of methoxy groups -OCH3 is 2. The van der Waals surface area contributed by atoms with Crippen molar-refractivity contribution >= 4 is 17.8 Å². The average Bonchev–Trinajstić information content (AvgIpc) is 3.11. The molecule has 0 saturated carbocycles. The van der Waals surface area contributed by atoms with E-state index < -0.39 is 29.4 Å². The smallest absolute Gasteiger partial charge is 0.326 e. The normalized spacial score (nSPS) is 31.2. The first-order valence-electron chi connectivity index (χ1n) is 8.22. The van der Waals surface area contributed by atoms with Gasteiger partial charge >= 0.3 is 5.97 Å². The first-order chi connectivity index (χ1) is 11.9. The van der Waals surface area contributed by atoms with Gasteiger partial charge in [-0.05, 0) is 24.1 Å². The molecule has 0 unspecified atom stereocenters. The Kier molecular flexibility index (Phi) is 4.28. The second kappa shape index (κ2) is 6.15. The number of hydrogen-bond acceptors (Lipinski definition) is 6. The molecule has 2 saturated heterocycles. The predicted octanol–water partition coefficient (Wildman–Crippen LogP) is 0.892. The number of nitrogens with zero attached hydrogens (tertiary/aromatic N) is 1. The summed E-state index contributed by atoms with van der Waals surface area (Å²) in [5.41, 5.74) is -0.381. The molecule has 2 aliphatic heterocycles. The third-order valence-corrected chi connectivity index (χ3v) is 5.46. The van der Waals surface area contributed by atoms with Gasteiger partial charge in [-0.3, -0.25) is 24.6 Å². The van der Waals surface area contributed by atoms with Gasteiger partial charge in [0.2, 0.25) is 11.8 Å². The molecule has 25 heavy (non-hydrogen) atoms. The van der Waals surface area contributed by atoms with Gasteiger partial charge in [-0.25, -0.2) is 0 Å². The second-order valence-electron chi connectivity index (χ2n) is 6.45. The third-order valence-electron chi connectivity index (χ3n) is 5.46.